The molecule has 2 aliphatic rings. The highest BCUT2D eigenvalue weighted by molar-refractivity contribution is 5.99. The zero-order valence-corrected chi connectivity index (χ0v) is 19.7. The number of nitrogens with one attached hydrogen (secondary N) is 1. The van der Waals surface area contributed by atoms with Gasteiger partial charge in [-0.2, -0.15) is 18.3 Å². The fourth-order valence-electron chi connectivity index (χ4n) is 5.12. The summed E-state index contributed by atoms with van der Waals surface area (Å²) in [4.78, 5) is 14.4. The van der Waals surface area contributed by atoms with Crippen molar-refractivity contribution >= 4 is 11.6 Å². The Bertz CT molecular complexity index is 1090. The molecule has 1 fully saturated rings. The van der Waals surface area contributed by atoms with E-state index in [1.54, 1.807) is 18.2 Å². The number of primary amides is 1. The van der Waals surface area contributed by atoms with Crippen LogP contribution in [0.15, 0.2) is 30.9 Å². The first-order chi connectivity index (χ1) is 16.0. The van der Waals surface area contributed by atoms with Crippen LogP contribution in [0.5, 0.6) is 0 Å². The van der Waals surface area contributed by atoms with Gasteiger partial charge in [-0.15, -0.1) is 6.58 Å². The van der Waals surface area contributed by atoms with Crippen molar-refractivity contribution in [2.75, 3.05) is 25.0 Å². The summed E-state index contributed by atoms with van der Waals surface area (Å²) < 4.78 is 42.8. The third-order valence-corrected chi connectivity index (χ3v) is 6.82. The van der Waals surface area contributed by atoms with E-state index in [4.69, 9.17) is 5.73 Å². The molecule has 34 heavy (non-hydrogen) atoms. The summed E-state index contributed by atoms with van der Waals surface area (Å²) in [5, 5.41) is 7.45. The molecule has 3 N–H and O–H groups in total. The number of hydrogen-bond acceptors (Lipinski definition) is 4. The number of anilines is 1. The van der Waals surface area contributed by atoms with Crippen LogP contribution >= 0.6 is 0 Å². The number of amides is 1. The smallest absolute Gasteiger partial charge is 0.380 e. The third kappa shape index (κ3) is 4.99. The van der Waals surface area contributed by atoms with Gasteiger partial charge in [-0.1, -0.05) is 19.9 Å². The molecule has 9 heteroatoms. The quantitative estimate of drug-likeness (QED) is 0.601. The first kappa shape index (κ1) is 24.3. The van der Waals surface area contributed by atoms with Gasteiger partial charge >= 0.3 is 6.18 Å². The lowest BCUT2D eigenvalue weighted by atomic mass is 9.76. The molecular weight excluding hydrogens is 443 g/mol. The Hall–Kier alpha value is -2.81. The first-order valence-electron chi connectivity index (χ1n) is 11.7. The Kier molecular flexibility index (Phi) is 6.50. The molecule has 2 heterocycles. The van der Waals surface area contributed by atoms with Gasteiger partial charge in [0.15, 0.2) is 5.69 Å². The molecule has 1 aliphatic carbocycles. The van der Waals surface area contributed by atoms with E-state index in [-0.39, 0.29) is 17.0 Å². The van der Waals surface area contributed by atoms with Gasteiger partial charge in [0.1, 0.15) is 0 Å². The molecule has 0 saturated carbocycles. The number of likely N-dealkylation sites (tertiary alicyclic amines) is 1. The maximum absolute atomic E-state index is 13.8. The number of fused-ring (bicyclic) bond motifs is 1. The minimum Gasteiger partial charge on any atom is -0.380 e. The van der Waals surface area contributed by atoms with Crippen molar-refractivity contribution in [2.24, 2.45) is 11.1 Å². The molecule has 2 aromatic rings. The number of halogens is 3. The lowest BCUT2D eigenvalue weighted by Crippen LogP contribution is -2.42. The molecule has 1 aliphatic heterocycles. The van der Waals surface area contributed by atoms with Gasteiger partial charge in [0.2, 0.25) is 0 Å². The molecule has 1 amide bonds. The Labute approximate surface area is 198 Å². The zero-order valence-electron chi connectivity index (χ0n) is 19.7. The summed E-state index contributed by atoms with van der Waals surface area (Å²) in [5.74, 6) is -0.590. The van der Waals surface area contributed by atoms with Gasteiger partial charge in [-0.3, -0.25) is 9.69 Å². The number of carbonyl (C=O) groups excluding carboxylic acids is 1. The van der Waals surface area contributed by atoms with Gasteiger partial charge in [-0.05, 0) is 62.3 Å². The minimum absolute atomic E-state index is 0.0817. The average Bonchev–Trinajstić information content (AvgIpc) is 3.12. The van der Waals surface area contributed by atoms with Crippen molar-refractivity contribution in [3.8, 4) is 5.69 Å². The monoisotopic (exact) mass is 475 g/mol. The van der Waals surface area contributed by atoms with Crippen molar-refractivity contribution in [2.45, 2.75) is 58.2 Å². The van der Waals surface area contributed by atoms with Crippen molar-refractivity contribution in [1.82, 2.24) is 14.7 Å². The van der Waals surface area contributed by atoms with Crippen LogP contribution in [-0.4, -0.2) is 46.3 Å². The Morgan fingerprint density at radius 3 is 2.82 bits per heavy atom. The molecule has 6 nitrogen and oxygen atoms in total. The number of alkyl halides is 3. The molecule has 184 valence electrons. The van der Waals surface area contributed by atoms with Gasteiger partial charge in [-0.25, -0.2) is 4.68 Å². The number of benzene rings is 1. The zero-order chi connectivity index (χ0) is 24.7. The van der Waals surface area contributed by atoms with E-state index >= 15 is 0 Å². The number of aromatic nitrogens is 2. The molecule has 1 saturated heterocycles. The average molecular weight is 476 g/mol. The summed E-state index contributed by atoms with van der Waals surface area (Å²) >= 11 is 0. The van der Waals surface area contributed by atoms with Crippen LogP contribution in [0, 0.1) is 5.41 Å². The van der Waals surface area contributed by atoms with E-state index in [1.807, 2.05) is 6.08 Å². The highest BCUT2D eigenvalue weighted by atomic mass is 19.4. The molecule has 1 unspecified atom stereocenters. The first-order valence-corrected chi connectivity index (χ1v) is 11.7. The summed E-state index contributed by atoms with van der Waals surface area (Å²) in [6, 6.07) is 4.96. The van der Waals surface area contributed by atoms with E-state index < -0.39 is 17.8 Å². The number of rotatable bonds is 6. The van der Waals surface area contributed by atoms with E-state index in [2.05, 4.69) is 35.7 Å². The topological polar surface area (TPSA) is 76.2 Å². The summed E-state index contributed by atoms with van der Waals surface area (Å²) in [7, 11) is 0. The Morgan fingerprint density at radius 2 is 2.15 bits per heavy atom. The van der Waals surface area contributed by atoms with Crippen LogP contribution in [0.3, 0.4) is 0 Å². The second-order valence-corrected chi connectivity index (χ2v) is 10.2. The predicted octanol–water partition coefficient (Wildman–Crippen LogP) is 4.57. The number of carbonyl (C=O) groups is 1. The van der Waals surface area contributed by atoms with E-state index in [1.165, 1.54) is 4.68 Å². The lowest BCUT2D eigenvalue weighted by molar-refractivity contribution is -0.142. The van der Waals surface area contributed by atoms with Gasteiger partial charge < -0.3 is 11.1 Å². The van der Waals surface area contributed by atoms with E-state index in [0.29, 0.717) is 41.9 Å². The van der Waals surface area contributed by atoms with E-state index in [9.17, 15) is 18.0 Å². The molecule has 1 aromatic carbocycles. The van der Waals surface area contributed by atoms with Crippen LogP contribution in [0.25, 0.3) is 5.69 Å². The van der Waals surface area contributed by atoms with Gasteiger partial charge in [0, 0.05) is 36.1 Å². The number of hydrogen-bond donors (Lipinski definition) is 2. The van der Waals surface area contributed by atoms with Crippen LogP contribution in [0.1, 0.15) is 60.4 Å². The summed E-state index contributed by atoms with van der Waals surface area (Å²) in [6.07, 6.45) is 0.743. The fraction of sp³-hybridized carbons (Fsp3) is 0.520. The molecule has 1 aromatic heterocycles. The highest BCUT2D eigenvalue weighted by Gasteiger charge is 2.42. The van der Waals surface area contributed by atoms with Crippen LogP contribution in [0.2, 0.25) is 0 Å². The van der Waals surface area contributed by atoms with Crippen molar-refractivity contribution < 1.29 is 18.0 Å². The van der Waals surface area contributed by atoms with Crippen molar-refractivity contribution in [3.05, 3.63) is 53.4 Å². The lowest BCUT2D eigenvalue weighted by Gasteiger charge is -2.33. The number of nitrogens with zero attached hydrogens (tertiary/aromatic N) is 3. The number of nitrogens with two attached hydrogens (primary N) is 1. The number of piperidine rings is 1. The maximum Gasteiger partial charge on any atom is 0.435 e. The van der Waals surface area contributed by atoms with Crippen LogP contribution in [-0.2, 0) is 19.0 Å². The largest absolute Gasteiger partial charge is 0.435 e. The van der Waals surface area contributed by atoms with Gasteiger partial charge in [0.25, 0.3) is 5.91 Å². The Balaban J connectivity index is 1.74. The van der Waals surface area contributed by atoms with Crippen LogP contribution < -0.4 is 11.1 Å². The molecular formula is C25H32F3N5O. The van der Waals surface area contributed by atoms with Gasteiger partial charge in [0.05, 0.1) is 11.3 Å². The molecule has 0 spiro atoms. The van der Waals surface area contributed by atoms with Crippen molar-refractivity contribution in [3.63, 3.8) is 0 Å². The molecule has 0 radical (unpaired) electrons. The van der Waals surface area contributed by atoms with Crippen LogP contribution in [0.4, 0.5) is 18.9 Å². The third-order valence-electron chi connectivity index (χ3n) is 6.82. The fourth-order valence-corrected chi connectivity index (χ4v) is 5.12. The molecule has 1 atom stereocenters. The molecule has 4 rings (SSSR count). The highest BCUT2D eigenvalue weighted by Crippen LogP contribution is 2.42. The second kappa shape index (κ2) is 9.09. The normalized spacial score (nSPS) is 20.6. The predicted molar refractivity (Wildman–Crippen MR) is 126 cm³/mol. The standard InChI is InChI=1S/C25H32F3N5O/c1-4-11-32-12-5-6-16(15-32)30-20-13-17(7-8-18(20)23(29)34)33-21-14-24(2,3)10-9-19(21)22(31-33)25(26,27)28/h4,7-8,13,16,30H,1,5-6,9-12,14-15H2,2-3H3,(H2,29,34). The maximum atomic E-state index is 13.8. The summed E-state index contributed by atoms with van der Waals surface area (Å²) in [5.41, 5.74) is 6.83. The van der Waals surface area contributed by atoms with Crippen molar-refractivity contribution in [1.29, 1.82) is 0 Å². The Morgan fingerprint density at radius 1 is 1.38 bits per heavy atom. The second-order valence-electron chi connectivity index (χ2n) is 10.2. The summed E-state index contributed by atoms with van der Waals surface area (Å²) in [6.45, 7) is 10.4. The van der Waals surface area contributed by atoms with E-state index in [0.717, 1.165) is 32.5 Å². The minimum atomic E-state index is -4.53. The molecule has 0 bridgehead atoms. The SMILES string of the molecule is C=CCN1CCCC(Nc2cc(-n3nc(C(F)(F)F)c4c3CC(C)(C)CC4)ccc2C(N)=O)C1.